The molecule has 0 spiro atoms. The van der Waals surface area contributed by atoms with Crippen LogP contribution < -0.4 is 5.43 Å². The minimum atomic E-state index is -0.439. The monoisotopic (exact) mass is 280 g/mol. The van der Waals surface area contributed by atoms with Gasteiger partial charge in [0.1, 0.15) is 5.75 Å². The number of aromatic hydroxyl groups is 1. The molecule has 102 valence electrons. The van der Waals surface area contributed by atoms with Crippen LogP contribution in [0.5, 0.6) is 5.75 Å². The highest BCUT2D eigenvalue weighted by molar-refractivity contribution is 6.31. The number of benzene rings is 1. The lowest BCUT2D eigenvalue weighted by atomic mass is 9.89. The average Bonchev–Trinajstić information content (AvgIpc) is 2.39. The van der Waals surface area contributed by atoms with E-state index in [9.17, 15) is 9.90 Å². The summed E-state index contributed by atoms with van der Waals surface area (Å²) in [5, 5.41) is 14.2. The summed E-state index contributed by atoms with van der Waals surface area (Å²) >= 11 is 5.80. The summed E-state index contributed by atoms with van der Waals surface area (Å²) in [7, 11) is 0. The van der Waals surface area contributed by atoms with Crippen molar-refractivity contribution in [1.82, 2.24) is 5.43 Å². The fraction of sp³-hybridized carbons (Fsp3) is 0.429. The number of hydrazone groups is 1. The van der Waals surface area contributed by atoms with E-state index in [0.717, 1.165) is 25.0 Å². The summed E-state index contributed by atoms with van der Waals surface area (Å²) in [6.45, 7) is 2.18. The Labute approximate surface area is 117 Å². The van der Waals surface area contributed by atoms with Gasteiger partial charge >= 0.3 is 0 Å². The summed E-state index contributed by atoms with van der Waals surface area (Å²) in [5.41, 5.74) is 3.64. The van der Waals surface area contributed by atoms with Crippen molar-refractivity contribution >= 4 is 23.2 Å². The topological polar surface area (TPSA) is 61.7 Å². The Kier molecular flexibility index (Phi) is 4.43. The third-order valence-electron chi connectivity index (χ3n) is 3.27. The van der Waals surface area contributed by atoms with Crippen molar-refractivity contribution in [2.45, 2.75) is 32.6 Å². The Balaban J connectivity index is 2.05. The molecule has 1 aliphatic carbocycles. The van der Waals surface area contributed by atoms with Gasteiger partial charge in [-0.1, -0.05) is 18.5 Å². The number of phenols is 1. The Morgan fingerprint density at radius 1 is 1.53 bits per heavy atom. The van der Waals surface area contributed by atoms with Crippen LogP contribution in [0, 0.1) is 5.92 Å². The number of nitrogens with one attached hydrogen (secondary N) is 1. The van der Waals surface area contributed by atoms with Gasteiger partial charge in [0.15, 0.2) is 0 Å². The molecule has 2 rings (SSSR count). The molecular formula is C14H17ClN2O2. The van der Waals surface area contributed by atoms with E-state index >= 15 is 0 Å². The molecule has 0 bridgehead atoms. The largest absolute Gasteiger partial charge is 0.507 e. The fourth-order valence-electron chi connectivity index (χ4n) is 2.24. The van der Waals surface area contributed by atoms with Crippen LogP contribution in [0.4, 0.5) is 0 Å². The molecule has 1 amide bonds. The predicted octanol–water partition coefficient (Wildman–Crippen LogP) is 3.34. The van der Waals surface area contributed by atoms with Gasteiger partial charge in [-0.3, -0.25) is 4.79 Å². The first-order chi connectivity index (χ1) is 9.06. The molecule has 0 aromatic heterocycles. The van der Waals surface area contributed by atoms with Crippen molar-refractivity contribution in [3.63, 3.8) is 0 Å². The zero-order chi connectivity index (χ0) is 13.8. The van der Waals surface area contributed by atoms with Crippen LogP contribution in [0.3, 0.4) is 0 Å². The number of carbonyl (C=O) groups excluding carboxylic acids is 1. The molecule has 1 aromatic carbocycles. The Hall–Kier alpha value is -1.55. The summed E-state index contributed by atoms with van der Waals surface area (Å²) in [5.74, 6) is 0.0776. The van der Waals surface area contributed by atoms with Gasteiger partial charge < -0.3 is 5.11 Å². The first kappa shape index (κ1) is 13.9. The Morgan fingerprint density at radius 3 is 3.05 bits per heavy atom. The molecule has 19 heavy (non-hydrogen) atoms. The summed E-state index contributed by atoms with van der Waals surface area (Å²) in [4.78, 5) is 11.9. The number of phenolic OH excluding ortho intramolecular Hbond substituents is 1. The molecule has 0 saturated heterocycles. The standard InChI is InChI=1S/C14H17ClN2O2/c1-9-3-2-4-11(7-9)16-17-14(19)12-8-10(15)5-6-13(12)18/h5-6,8-9,18H,2-4,7H2,1H3,(H,17,19)/b16-11-. The maximum Gasteiger partial charge on any atom is 0.275 e. The molecule has 1 atom stereocenters. The molecule has 1 aliphatic rings. The molecule has 1 aromatic rings. The van der Waals surface area contributed by atoms with E-state index in [2.05, 4.69) is 17.5 Å². The van der Waals surface area contributed by atoms with Crippen molar-refractivity contribution in [1.29, 1.82) is 0 Å². The van der Waals surface area contributed by atoms with Gasteiger partial charge in [0.2, 0.25) is 0 Å². The quantitative estimate of drug-likeness (QED) is 0.816. The maximum atomic E-state index is 11.9. The molecule has 5 heteroatoms. The first-order valence-corrected chi connectivity index (χ1v) is 6.78. The molecule has 4 nitrogen and oxygen atoms in total. The van der Waals surface area contributed by atoms with E-state index in [4.69, 9.17) is 11.6 Å². The van der Waals surface area contributed by atoms with Crippen LogP contribution in [0.15, 0.2) is 23.3 Å². The number of halogens is 1. The maximum absolute atomic E-state index is 11.9. The normalized spacial score (nSPS) is 21.4. The molecule has 1 fully saturated rings. The highest BCUT2D eigenvalue weighted by Crippen LogP contribution is 2.22. The number of carbonyl (C=O) groups is 1. The lowest BCUT2D eigenvalue weighted by Crippen LogP contribution is -2.22. The minimum absolute atomic E-state index is 0.0980. The van der Waals surface area contributed by atoms with Crippen molar-refractivity contribution in [2.75, 3.05) is 0 Å². The van der Waals surface area contributed by atoms with Crippen molar-refractivity contribution in [3.05, 3.63) is 28.8 Å². The van der Waals surface area contributed by atoms with E-state index in [1.54, 1.807) is 0 Å². The molecule has 1 saturated carbocycles. The summed E-state index contributed by atoms with van der Waals surface area (Å²) in [6, 6.07) is 4.35. The van der Waals surface area contributed by atoms with E-state index in [-0.39, 0.29) is 11.3 Å². The number of amides is 1. The molecular weight excluding hydrogens is 264 g/mol. The van der Waals surface area contributed by atoms with Gasteiger partial charge in [0.05, 0.1) is 5.56 Å². The minimum Gasteiger partial charge on any atom is -0.507 e. The molecule has 1 unspecified atom stereocenters. The van der Waals surface area contributed by atoms with Crippen LogP contribution in [0.2, 0.25) is 5.02 Å². The molecule has 0 radical (unpaired) electrons. The zero-order valence-corrected chi connectivity index (χ0v) is 11.6. The van der Waals surface area contributed by atoms with E-state index in [1.165, 1.54) is 24.6 Å². The van der Waals surface area contributed by atoms with Gasteiger partial charge in [-0.15, -0.1) is 0 Å². The lowest BCUT2D eigenvalue weighted by molar-refractivity contribution is 0.0952. The predicted molar refractivity (Wildman–Crippen MR) is 75.7 cm³/mol. The van der Waals surface area contributed by atoms with Crippen LogP contribution >= 0.6 is 11.6 Å². The van der Waals surface area contributed by atoms with E-state index in [1.807, 2.05) is 0 Å². The second-order valence-electron chi connectivity index (χ2n) is 4.98. The molecule has 0 aliphatic heterocycles. The second-order valence-corrected chi connectivity index (χ2v) is 5.42. The van der Waals surface area contributed by atoms with E-state index in [0.29, 0.717) is 10.9 Å². The second kappa shape index (κ2) is 6.06. The highest BCUT2D eigenvalue weighted by Gasteiger charge is 2.15. The number of hydrogen-bond acceptors (Lipinski definition) is 3. The summed E-state index contributed by atoms with van der Waals surface area (Å²) < 4.78 is 0. The lowest BCUT2D eigenvalue weighted by Gasteiger charge is -2.18. The van der Waals surface area contributed by atoms with Gasteiger partial charge in [-0.25, -0.2) is 5.43 Å². The third kappa shape index (κ3) is 3.70. The fourth-order valence-corrected chi connectivity index (χ4v) is 2.41. The zero-order valence-electron chi connectivity index (χ0n) is 10.8. The van der Waals surface area contributed by atoms with Crippen LogP contribution in [0.25, 0.3) is 0 Å². The highest BCUT2D eigenvalue weighted by atomic mass is 35.5. The average molecular weight is 281 g/mol. The van der Waals surface area contributed by atoms with Crippen LogP contribution in [0.1, 0.15) is 43.0 Å². The van der Waals surface area contributed by atoms with Gasteiger partial charge in [0.25, 0.3) is 5.91 Å². The van der Waals surface area contributed by atoms with Gasteiger partial charge in [0, 0.05) is 10.7 Å². The molecule has 0 heterocycles. The summed E-state index contributed by atoms with van der Waals surface area (Å²) in [6.07, 6.45) is 4.16. The molecule has 2 N–H and O–H groups in total. The third-order valence-corrected chi connectivity index (χ3v) is 3.50. The smallest absolute Gasteiger partial charge is 0.275 e. The Bertz CT molecular complexity index is 514. The van der Waals surface area contributed by atoms with Crippen molar-refractivity contribution < 1.29 is 9.90 Å². The SMILES string of the molecule is CC1CCC/C(=N/NC(=O)c2cc(Cl)ccc2O)C1. The Morgan fingerprint density at radius 2 is 2.32 bits per heavy atom. The van der Waals surface area contributed by atoms with E-state index < -0.39 is 5.91 Å². The van der Waals surface area contributed by atoms with Crippen LogP contribution in [-0.2, 0) is 0 Å². The van der Waals surface area contributed by atoms with Crippen molar-refractivity contribution in [2.24, 2.45) is 11.0 Å². The first-order valence-electron chi connectivity index (χ1n) is 6.40. The van der Waals surface area contributed by atoms with Crippen molar-refractivity contribution in [3.8, 4) is 5.75 Å². The number of rotatable bonds is 2. The van der Waals surface area contributed by atoms with Gasteiger partial charge in [-0.2, -0.15) is 5.10 Å². The van der Waals surface area contributed by atoms with Gasteiger partial charge in [-0.05, 0) is 49.8 Å². The number of hydrogen-bond donors (Lipinski definition) is 2. The number of nitrogens with zero attached hydrogens (tertiary/aromatic N) is 1. The van der Waals surface area contributed by atoms with Crippen LogP contribution in [-0.4, -0.2) is 16.7 Å².